The average molecular weight is 341 g/mol. The molecule has 1 aromatic carbocycles. The summed E-state index contributed by atoms with van der Waals surface area (Å²) in [5.74, 6) is 0.271. The Hall–Kier alpha value is -2.53. The molecule has 0 aliphatic carbocycles. The van der Waals surface area contributed by atoms with E-state index < -0.39 is 5.82 Å². The summed E-state index contributed by atoms with van der Waals surface area (Å²) in [5.41, 5.74) is 5.24. The Morgan fingerprint density at radius 2 is 1.83 bits per heavy atom. The van der Waals surface area contributed by atoms with Gasteiger partial charge in [-0.05, 0) is 44.5 Å². The number of nitrogens with zero attached hydrogens (tertiary/aromatic N) is 4. The Kier molecular flexibility index (Phi) is 3.28. The largest absolute Gasteiger partial charge is 0.288 e. The second-order valence-corrected chi connectivity index (χ2v) is 6.28. The summed E-state index contributed by atoms with van der Waals surface area (Å²) in [6.07, 6.45) is 3.51. The summed E-state index contributed by atoms with van der Waals surface area (Å²) in [6, 6.07) is 4.92. The molecule has 24 heavy (non-hydrogen) atoms. The summed E-state index contributed by atoms with van der Waals surface area (Å²) in [5, 5.41) is 0.326. The van der Waals surface area contributed by atoms with Crippen molar-refractivity contribution in [3.63, 3.8) is 0 Å². The normalized spacial score (nSPS) is 11.5. The minimum absolute atomic E-state index is 0.282. The Bertz CT molecular complexity index is 1120. The highest BCUT2D eigenvalue weighted by atomic mass is 35.5. The molecule has 0 unspecified atom stereocenters. The van der Waals surface area contributed by atoms with Crippen LogP contribution >= 0.6 is 11.6 Å². The molecule has 0 saturated heterocycles. The van der Waals surface area contributed by atoms with Gasteiger partial charge in [-0.15, -0.1) is 0 Å². The molecule has 0 atom stereocenters. The molecule has 4 aromatic rings. The molecule has 0 bridgehead atoms. The summed E-state index contributed by atoms with van der Waals surface area (Å²) in [6.45, 7) is 5.78. The van der Waals surface area contributed by atoms with Gasteiger partial charge in [-0.1, -0.05) is 11.6 Å². The molecule has 0 fully saturated rings. The number of benzene rings is 1. The van der Waals surface area contributed by atoms with Gasteiger partial charge in [0.1, 0.15) is 11.3 Å². The third-order valence-corrected chi connectivity index (χ3v) is 4.42. The minimum Gasteiger partial charge on any atom is -0.288 e. The fraction of sp³-hybridized carbons (Fsp3) is 0.167. The van der Waals surface area contributed by atoms with Gasteiger partial charge in [0, 0.05) is 23.0 Å². The van der Waals surface area contributed by atoms with E-state index in [0.29, 0.717) is 16.4 Å². The highest BCUT2D eigenvalue weighted by molar-refractivity contribution is 6.31. The molecule has 120 valence electrons. The molecule has 3 heterocycles. The van der Waals surface area contributed by atoms with Crippen molar-refractivity contribution < 1.29 is 4.39 Å². The molecule has 4 nitrogen and oxygen atoms in total. The second-order valence-electron chi connectivity index (χ2n) is 5.85. The van der Waals surface area contributed by atoms with Crippen LogP contribution < -0.4 is 0 Å². The van der Waals surface area contributed by atoms with Gasteiger partial charge in [-0.3, -0.25) is 9.38 Å². The number of aromatic nitrogens is 4. The predicted molar refractivity (Wildman–Crippen MR) is 92.9 cm³/mol. The Morgan fingerprint density at radius 1 is 1.08 bits per heavy atom. The van der Waals surface area contributed by atoms with Crippen molar-refractivity contribution in [2.45, 2.75) is 20.8 Å². The van der Waals surface area contributed by atoms with Crippen LogP contribution in [0.15, 0.2) is 30.6 Å². The van der Waals surface area contributed by atoms with Gasteiger partial charge in [0.25, 0.3) is 0 Å². The third kappa shape index (κ3) is 2.08. The molecular weight excluding hydrogens is 327 g/mol. The molecule has 4 rings (SSSR count). The van der Waals surface area contributed by atoms with Gasteiger partial charge >= 0.3 is 0 Å². The first kappa shape index (κ1) is 15.0. The van der Waals surface area contributed by atoms with Gasteiger partial charge in [0.05, 0.1) is 22.4 Å². The van der Waals surface area contributed by atoms with E-state index in [1.54, 1.807) is 18.5 Å². The first-order valence-electron chi connectivity index (χ1n) is 7.52. The monoisotopic (exact) mass is 340 g/mol. The molecule has 0 amide bonds. The smallest absolute Gasteiger partial charge is 0.152 e. The molecule has 0 N–H and O–H groups in total. The lowest BCUT2D eigenvalue weighted by Crippen LogP contribution is -2.00. The van der Waals surface area contributed by atoms with E-state index in [4.69, 9.17) is 16.6 Å². The minimum atomic E-state index is -0.442. The van der Waals surface area contributed by atoms with Crippen LogP contribution in [-0.2, 0) is 0 Å². The molecule has 0 spiro atoms. The number of halogens is 2. The van der Waals surface area contributed by atoms with E-state index >= 15 is 0 Å². The number of rotatable bonds is 1. The maximum Gasteiger partial charge on any atom is 0.152 e. The number of aryl methyl sites for hydroxylation is 3. The highest BCUT2D eigenvalue weighted by Gasteiger charge is 2.19. The number of hydrogen-bond acceptors (Lipinski definition) is 3. The first-order valence-corrected chi connectivity index (χ1v) is 7.90. The van der Waals surface area contributed by atoms with Crippen molar-refractivity contribution in [3.8, 4) is 11.4 Å². The summed E-state index contributed by atoms with van der Waals surface area (Å²) in [4.78, 5) is 13.3. The molecule has 6 heteroatoms. The zero-order chi connectivity index (χ0) is 17.0. The van der Waals surface area contributed by atoms with Crippen LogP contribution in [0.1, 0.15) is 17.0 Å². The van der Waals surface area contributed by atoms with E-state index in [2.05, 4.69) is 9.97 Å². The van der Waals surface area contributed by atoms with Crippen molar-refractivity contribution in [3.05, 3.63) is 58.4 Å². The SMILES string of the molecule is Cc1ccncc1-c1nc(C)c2c(C)nc3c(F)cc(Cl)cc3n12. The Labute approximate surface area is 143 Å². The lowest BCUT2D eigenvalue weighted by atomic mass is 10.1. The lowest BCUT2D eigenvalue weighted by Gasteiger charge is -2.10. The summed E-state index contributed by atoms with van der Waals surface area (Å²) >= 11 is 6.09. The maximum absolute atomic E-state index is 14.4. The molecular formula is C18H14ClFN4. The van der Waals surface area contributed by atoms with E-state index in [-0.39, 0.29) is 5.52 Å². The van der Waals surface area contributed by atoms with Gasteiger partial charge in [-0.2, -0.15) is 0 Å². The van der Waals surface area contributed by atoms with Gasteiger partial charge in [0.15, 0.2) is 5.82 Å². The second kappa shape index (κ2) is 5.24. The van der Waals surface area contributed by atoms with Crippen molar-refractivity contribution in [2.24, 2.45) is 0 Å². The van der Waals surface area contributed by atoms with Crippen molar-refractivity contribution in [1.82, 2.24) is 19.4 Å². The summed E-state index contributed by atoms with van der Waals surface area (Å²) < 4.78 is 16.3. The average Bonchev–Trinajstić information content (AvgIpc) is 2.87. The van der Waals surface area contributed by atoms with Crippen LogP contribution in [-0.4, -0.2) is 19.4 Å². The van der Waals surface area contributed by atoms with Crippen molar-refractivity contribution >= 4 is 28.2 Å². The standard InChI is InChI=1S/C18H14ClFN4/c1-9-4-5-21-8-13(9)18-23-11(3)17-10(2)22-16-14(20)6-12(19)7-15(16)24(17)18/h4-8H,1-3H3. The van der Waals surface area contributed by atoms with Crippen LogP contribution in [0.5, 0.6) is 0 Å². The Balaban J connectivity index is 2.26. The quantitative estimate of drug-likeness (QED) is 0.506. The number of imidazole rings is 1. The molecule has 0 aliphatic rings. The molecule has 0 aliphatic heterocycles. The Morgan fingerprint density at radius 3 is 2.58 bits per heavy atom. The maximum atomic E-state index is 14.4. The van der Waals surface area contributed by atoms with Crippen LogP contribution in [0.4, 0.5) is 4.39 Å². The van der Waals surface area contributed by atoms with Gasteiger partial charge < -0.3 is 0 Å². The molecule has 3 aromatic heterocycles. The fourth-order valence-corrected chi connectivity index (χ4v) is 3.32. The van der Waals surface area contributed by atoms with Crippen molar-refractivity contribution in [2.75, 3.05) is 0 Å². The summed E-state index contributed by atoms with van der Waals surface area (Å²) in [7, 11) is 0. The topological polar surface area (TPSA) is 43.1 Å². The van der Waals surface area contributed by atoms with Crippen LogP contribution in [0.3, 0.4) is 0 Å². The van der Waals surface area contributed by atoms with E-state index in [9.17, 15) is 4.39 Å². The fourth-order valence-electron chi connectivity index (χ4n) is 3.12. The van der Waals surface area contributed by atoms with E-state index in [0.717, 1.165) is 28.0 Å². The lowest BCUT2D eigenvalue weighted by molar-refractivity contribution is 0.636. The predicted octanol–water partition coefficient (Wildman–Crippen LogP) is 4.66. The van der Waals surface area contributed by atoms with Gasteiger partial charge in [0.2, 0.25) is 0 Å². The molecule has 0 saturated carbocycles. The zero-order valence-corrected chi connectivity index (χ0v) is 14.2. The first-order chi connectivity index (χ1) is 11.5. The van der Waals surface area contributed by atoms with Crippen molar-refractivity contribution in [1.29, 1.82) is 0 Å². The highest BCUT2D eigenvalue weighted by Crippen LogP contribution is 2.31. The molecule has 0 radical (unpaired) electrons. The number of fused-ring (bicyclic) bond motifs is 3. The van der Waals surface area contributed by atoms with Crippen LogP contribution in [0.2, 0.25) is 5.02 Å². The number of hydrogen-bond donors (Lipinski definition) is 0. The third-order valence-electron chi connectivity index (χ3n) is 4.20. The van der Waals surface area contributed by atoms with Crippen LogP contribution in [0.25, 0.3) is 27.9 Å². The zero-order valence-electron chi connectivity index (χ0n) is 13.4. The van der Waals surface area contributed by atoms with E-state index in [1.165, 1.54) is 6.07 Å². The van der Waals surface area contributed by atoms with Crippen LogP contribution in [0, 0.1) is 26.6 Å². The van der Waals surface area contributed by atoms with Gasteiger partial charge in [-0.25, -0.2) is 14.4 Å². The number of pyridine rings is 1. The van der Waals surface area contributed by atoms with E-state index in [1.807, 2.05) is 31.2 Å².